The molecule has 3 rings (SSSR count). The van der Waals surface area contributed by atoms with E-state index in [4.69, 9.17) is 9.15 Å². The van der Waals surface area contributed by atoms with Crippen molar-refractivity contribution in [1.82, 2.24) is 5.32 Å². The van der Waals surface area contributed by atoms with E-state index in [1.165, 1.54) is 19.1 Å². The summed E-state index contributed by atoms with van der Waals surface area (Å²) in [5.41, 5.74) is 0.381. The first kappa shape index (κ1) is 13.8. The fourth-order valence-electron chi connectivity index (χ4n) is 2.48. The number of Topliss-reactive ketones (excluding diaryl/α,β-unsaturated/α-hetero) is 2. The zero-order valence-corrected chi connectivity index (χ0v) is 11.6. The van der Waals surface area contributed by atoms with Crippen molar-refractivity contribution in [2.24, 2.45) is 0 Å². The third-order valence-electron chi connectivity index (χ3n) is 3.65. The predicted molar refractivity (Wildman–Crippen MR) is 72.4 cm³/mol. The van der Waals surface area contributed by atoms with Gasteiger partial charge in [0.25, 0.3) is 0 Å². The Balaban J connectivity index is 1.85. The molecule has 1 saturated heterocycles. The highest BCUT2D eigenvalue weighted by molar-refractivity contribution is 6.23. The molecule has 0 amide bonds. The molecule has 21 heavy (non-hydrogen) atoms. The molecule has 0 atom stereocenters. The monoisotopic (exact) mass is 289 g/mol. The number of ketones is 3. The average Bonchev–Trinajstić information content (AvgIpc) is 2.92. The molecule has 6 nitrogen and oxygen atoms in total. The van der Waals surface area contributed by atoms with Crippen molar-refractivity contribution in [2.75, 3.05) is 13.2 Å². The van der Waals surface area contributed by atoms with Gasteiger partial charge < -0.3 is 14.5 Å². The lowest BCUT2D eigenvalue weighted by molar-refractivity contribution is 0.0780. The number of nitrogens with one attached hydrogen (secondary N) is 1. The van der Waals surface area contributed by atoms with Gasteiger partial charge >= 0.3 is 0 Å². The molecule has 0 radical (unpaired) electrons. The summed E-state index contributed by atoms with van der Waals surface area (Å²) in [5.74, 6) is -1.05. The number of allylic oxidation sites excluding steroid dienone is 2. The van der Waals surface area contributed by atoms with Crippen LogP contribution in [-0.4, -0.2) is 36.6 Å². The average molecular weight is 289 g/mol. The third-order valence-corrected chi connectivity index (χ3v) is 3.65. The number of ether oxygens (including phenoxy) is 1. The molecule has 110 valence electrons. The van der Waals surface area contributed by atoms with Gasteiger partial charge in [-0.05, 0) is 18.9 Å². The standard InChI is InChI=1S/C15H15NO5/c1-8(17)13-6-10-12(18)7-11(14(19)15(10)21-13)16-9-2-4-20-5-3-9/h6-7,9,16H,2-5H2,1H3. The maximum atomic E-state index is 12.4. The lowest BCUT2D eigenvalue weighted by atomic mass is 9.98. The van der Waals surface area contributed by atoms with Crippen molar-refractivity contribution in [3.63, 3.8) is 0 Å². The van der Waals surface area contributed by atoms with Gasteiger partial charge in [-0.15, -0.1) is 0 Å². The topological polar surface area (TPSA) is 85.6 Å². The highest BCUT2D eigenvalue weighted by Crippen LogP contribution is 2.25. The van der Waals surface area contributed by atoms with Crippen LogP contribution in [0.3, 0.4) is 0 Å². The Morgan fingerprint density at radius 3 is 2.67 bits per heavy atom. The summed E-state index contributed by atoms with van der Waals surface area (Å²) in [5, 5.41) is 3.08. The Morgan fingerprint density at radius 1 is 1.29 bits per heavy atom. The van der Waals surface area contributed by atoms with Gasteiger partial charge in [-0.2, -0.15) is 0 Å². The third kappa shape index (κ3) is 2.54. The molecule has 1 aromatic rings. The smallest absolute Gasteiger partial charge is 0.244 e. The van der Waals surface area contributed by atoms with Gasteiger partial charge in [0.05, 0.1) is 11.3 Å². The Labute approximate surface area is 121 Å². The molecular formula is C15H15NO5. The molecule has 1 aliphatic heterocycles. The van der Waals surface area contributed by atoms with Crippen molar-refractivity contribution in [3.05, 3.63) is 34.9 Å². The highest BCUT2D eigenvalue weighted by atomic mass is 16.5. The zero-order valence-electron chi connectivity index (χ0n) is 11.6. The summed E-state index contributed by atoms with van der Waals surface area (Å²) < 4.78 is 10.5. The largest absolute Gasteiger partial charge is 0.449 e. The van der Waals surface area contributed by atoms with Crippen LogP contribution < -0.4 is 5.32 Å². The van der Waals surface area contributed by atoms with Crippen LogP contribution in [0.5, 0.6) is 0 Å². The van der Waals surface area contributed by atoms with Crippen LogP contribution in [0, 0.1) is 0 Å². The van der Waals surface area contributed by atoms with Gasteiger partial charge in [0.15, 0.2) is 23.1 Å². The predicted octanol–water partition coefficient (Wildman–Crippen LogP) is 1.51. The molecule has 0 unspecified atom stereocenters. The van der Waals surface area contributed by atoms with E-state index in [9.17, 15) is 14.4 Å². The Bertz CT molecular complexity index is 649. The highest BCUT2D eigenvalue weighted by Gasteiger charge is 2.32. The molecule has 2 aliphatic rings. The van der Waals surface area contributed by atoms with Crippen molar-refractivity contribution >= 4 is 17.3 Å². The van der Waals surface area contributed by atoms with Gasteiger partial charge in [-0.25, -0.2) is 0 Å². The first-order valence-corrected chi connectivity index (χ1v) is 6.86. The molecule has 1 aromatic heterocycles. The maximum absolute atomic E-state index is 12.4. The van der Waals surface area contributed by atoms with Gasteiger partial charge in [-0.1, -0.05) is 0 Å². The van der Waals surface area contributed by atoms with E-state index in [1.54, 1.807) is 0 Å². The minimum Gasteiger partial charge on any atom is -0.449 e. The van der Waals surface area contributed by atoms with E-state index in [1.807, 2.05) is 0 Å². The minimum absolute atomic E-state index is 0.0300. The fourth-order valence-corrected chi connectivity index (χ4v) is 2.48. The second-order valence-corrected chi connectivity index (χ2v) is 5.19. The summed E-state index contributed by atoms with van der Waals surface area (Å²) in [6.45, 7) is 2.59. The van der Waals surface area contributed by atoms with Crippen LogP contribution in [-0.2, 0) is 4.74 Å². The number of rotatable bonds is 3. The van der Waals surface area contributed by atoms with Crippen molar-refractivity contribution in [2.45, 2.75) is 25.8 Å². The second kappa shape index (κ2) is 5.29. The van der Waals surface area contributed by atoms with Crippen molar-refractivity contribution in [1.29, 1.82) is 0 Å². The van der Waals surface area contributed by atoms with E-state index in [2.05, 4.69) is 5.32 Å². The van der Waals surface area contributed by atoms with E-state index >= 15 is 0 Å². The zero-order chi connectivity index (χ0) is 15.0. The maximum Gasteiger partial charge on any atom is 0.244 e. The molecule has 0 aromatic carbocycles. The lowest BCUT2D eigenvalue weighted by Gasteiger charge is -2.25. The quantitative estimate of drug-likeness (QED) is 0.849. The number of carbonyl (C=O) groups excluding carboxylic acids is 3. The number of hydrogen-bond acceptors (Lipinski definition) is 6. The van der Waals surface area contributed by atoms with E-state index < -0.39 is 0 Å². The molecular weight excluding hydrogens is 274 g/mol. The van der Waals surface area contributed by atoms with Crippen LogP contribution in [0.2, 0.25) is 0 Å². The second-order valence-electron chi connectivity index (χ2n) is 5.19. The lowest BCUT2D eigenvalue weighted by Crippen LogP contribution is -2.38. The molecule has 0 saturated carbocycles. The SMILES string of the molecule is CC(=O)c1cc2c(o1)C(=O)C(NC1CCOCC1)=CC2=O. The Hall–Kier alpha value is -2.21. The Kier molecular flexibility index (Phi) is 3.47. The van der Waals surface area contributed by atoms with Crippen LogP contribution in [0.15, 0.2) is 22.3 Å². The Morgan fingerprint density at radius 2 is 2.00 bits per heavy atom. The van der Waals surface area contributed by atoms with Crippen molar-refractivity contribution < 1.29 is 23.5 Å². The van der Waals surface area contributed by atoms with Crippen LogP contribution in [0.4, 0.5) is 0 Å². The molecule has 2 heterocycles. The molecule has 1 aliphatic carbocycles. The summed E-state index contributed by atoms with van der Waals surface area (Å²) in [4.78, 5) is 35.7. The first-order valence-electron chi connectivity index (χ1n) is 6.86. The summed E-state index contributed by atoms with van der Waals surface area (Å²) in [6.07, 6.45) is 2.84. The van der Waals surface area contributed by atoms with E-state index in [0.717, 1.165) is 12.8 Å². The summed E-state index contributed by atoms with van der Waals surface area (Å²) in [6, 6.07) is 1.44. The van der Waals surface area contributed by atoms with Gasteiger partial charge in [0.2, 0.25) is 5.78 Å². The van der Waals surface area contributed by atoms with Crippen LogP contribution in [0.1, 0.15) is 51.2 Å². The molecule has 0 spiro atoms. The first-order chi connectivity index (χ1) is 10.1. The number of hydrogen-bond donors (Lipinski definition) is 1. The van der Waals surface area contributed by atoms with Crippen LogP contribution in [0.25, 0.3) is 0 Å². The molecule has 6 heteroatoms. The van der Waals surface area contributed by atoms with Gasteiger partial charge in [-0.3, -0.25) is 14.4 Å². The number of fused-ring (bicyclic) bond motifs is 1. The van der Waals surface area contributed by atoms with Gasteiger partial charge in [0.1, 0.15) is 0 Å². The molecule has 1 N–H and O–H groups in total. The van der Waals surface area contributed by atoms with E-state index in [0.29, 0.717) is 13.2 Å². The molecule has 1 fully saturated rings. The van der Waals surface area contributed by atoms with Gasteiger partial charge in [0, 0.05) is 32.3 Å². The molecule has 0 bridgehead atoms. The van der Waals surface area contributed by atoms with Crippen LogP contribution >= 0.6 is 0 Å². The minimum atomic E-state index is -0.386. The summed E-state index contributed by atoms with van der Waals surface area (Å²) >= 11 is 0. The van der Waals surface area contributed by atoms with E-state index in [-0.39, 0.29) is 46.2 Å². The number of furan rings is 1. The summed E-state index contributed by atoms with van der Waals surface area (Å²) in [7, 11) is 0. The fraction of sp³-hybridized carbons (Fsp3) is 0.400. The number of carbonyl (C=O) groups is 3. The normalized spacial score (nSPS) is 19.2. The van der Waals surface area contributed by atoms with Crippen molar-refractivity contribution in [3.8, 4) is 0 Å².